The summed E-state index contributed by atoms with van der Waals surface area (Å²) in [6.07, 6.45) is 4.59. The molecule has 2 aromatic carbocycles. The second-order valence-corrected chi connectivity index (χ2v) is 8.78. The molecule has 7 nitrogen and oxygen atoms in total. The molecule has 4 rings (SSSR count). The molecular weight excluding hydrogens is 402 g/mol. The van der Waals surface area contributed by atoms with E-state index in [1.54, 1.807) is 13.2 Å². The Kier molecular flexibility index (Phi) is 6.95. The van der Waals surface area contributed by atoms with Crippen molar-refractivity contribution in [3.05, 3.63) is 48.0 Å². The summed E-state index contributed by atoms with van der Waals surface area (Å²) in [6.45, 7) is 1.76. The number of nitrogens with zero attached hydrogens (tertiary/aromatic N) is 3. The highest BCUT2D eigenvalue weighted by Gasteiger charge is 2.22. The number of aromatic hydroxyl groups is 1. The SMILES string of the molecule is COc1cc(CNC[C@H]2CC[C@@H](Nc3nc(N(C)C)c4ccccc4n3)CC2)ccc1O. The molecule has 1 aliphatic carbocycles. The maximum Gasteiger partial charge on any atom is 0.225 e. The van der Waals surface area contributed by atoms with E-state index in [2.05, 4.69) is 16.7 Å². The van der Waals surface area contributed by atoms with Crippen LogP contribution in [0.25, 0.3) is 10.9 Å². The average molecular weight is 436 g/mol. The maximum absolute atomic E-state index is 9.73. The van der Waals surface area contributed by atoms with Gasteiger partial charge in [-0.1, -0.05) is 18.2 Å². The van der Waals surface area contributed by atoms with E-state index in [-0.39, 0.29) is 5.75 Å². The van der Waals surface area contributed by atoms with Crippen molar-refractivity contribution < 1.29 is 9.84 Å². The largest absolute Gasteiger partial charge is 0.504 e. The minimum atomic E-state index is 0.176. The van der Waals surface area contributed by atoms with Gasteiger partial charge in [-0.3, -0.25) is 0 Å². The molecule has 0 unspecified atom stereocenters. The van der Waals surface area contributed by atoms with Gasteiger partial charge in [0.1, 0.15) is 5.82 Å². The van der Waals surface area contributed by atoms with Gasteiger partial charge in [-0.25, -0.2) is 4.98 Å². The summed E-state index contributed by atoms with van der Waals surface area (Å²) in [4.78, 5) is 11.6. The quantitative estimate of drug-likeness (QED) is 0.490. The zero-order chi connectivity index (χ0) is 22.5. The average Bonchev–Trinajstić information content (AvgIpc) is 2.80. The lowest BCUT2D eigenvalue weighted by Gasteiger charge is -2.29. The molecule has 0 atom stereocenters. The Bertz CT molecular complexity index is 1050. The number of ether oxygens (including phenoxy) is 1. The van der Waals surface area contributed by atoms with E-state index in [1.165, 1.54) is 12.8 Å². The molecule has 0 saturated heterocycles. The highest BCUT2D eigenvalue weighted by atomic mass is 16.5. The van der Waals surface area contributed by atoms with Crippen LogP contribution in [0.5, 0.6) is 11.5 Å². The fraction of sp³-hybridized carbons (Fsp3) is 0.440. The molecule has 3 N–H and O–H groups in total. The Labute approximate surface area is 189 Å². The van der Waals surface area contributed by atoms with E-state index in [0.29, 0.717) is 17.7 Å². The molecule has 3 aromatic rings. The number of fused-ring (bicyclic) bond motifs is 1. The Morgan fingerprint density at radius 3 is 2.59 bits per heavy atom. The topological polar surface area (TPSA) is 82.5 Å². The molecule has 1 aliphatic rings. The van der Waals surface area contributed by atoms with Crippen LogP contribution in [-0.2, 0) is 6.54 Å². The molecule has 1 aromatic heterocycles. The molecule has 0 bridgehead atoms. The Balaban J connectivity index is 1.28. The van der Waals surface area contributed by atoms with Crippen molar-refractivity contribution >= 4 is 22.7 Å². The zero-order valence-corrected chi connectivity index (χ0v) is 19.1. The predicted molar refractivity (Wildman–Crippen MR) is 130 cm³/mol. The van der Waals surface area contributed by atoms with E-state index in [9.17, 15) is 5.11 Å². The summed E-state index contributed by atoms with van der Waals surface area (Å²) in [7, 11) is 5.61. The third kappa shape index (κ3) is 5.22. The van der Waals surface area contributed by atoms with E-state index >= 15 is 0 Å². The number of nitrogens with one attached hydrogen (secondary N) is 2. The van der Waals surface area contributed by atoms with Gasteiger partial charge in [0.15, 0.2) is 11.5 Å². The highest BCUT2D eigenvalue weighted by molar-refractivity contribution is 5.90. The summed E-state index contributed by atoms with van der Waals surface area (Å²) in [5.74, 6) is 3.03. The van der Waals surface area contributed by atoms with Crippen molar-refractivity contribution in [2.24, 2.45) is 5.92 Å². The number of para-hydroxylation sites is 1. The molecule has 0 amide bonds. The lowest BCUT2D eigenvalue weighted by atomic mass is 9.86. The van der Waals surface area contributed by atoms with Crippen LogP contribution in [0.1, 0.15) is 31.2 Å². The highest BCUT2D eigenvalue weighted by Crippen LogP contribution is 2.29. The molecule has 1 heterocycles. The summed E-state index contributed by atoms with van der Waals surface area (Å²) < 4.78 is 5.19. The van der Waals surface area contributed by atoms with Crippen LogP contribution in [0.3, 0.4) is 0 Å². The summed E-state index contributed by atoms with van der Waals surface area (Å²) in [5.41, 5.74) is 2.08. The van der Waals surface area contributed by atoms with E-state index in [0.717, 1.165) is 54.2 Å². The first-order chi connectivity index (χ1) is 15.5. The monoisotopic (exact) mass is 435 g/mol. The minimum absolute atomic E-state index is 0.176. The smallest absolute Gasteiger partial charge is 0.225 e. The zero-order valence-electron chi connectivity index (χ0n) is 19.1. The number of anilines is 2. The first-order valence-corrected chi connectivity index (χ1v) is 11.3. The van der Waals surface area contributed by atoms with Crippen LogP contribution in [0, 0.1) is 5.92 Å². The van der Waals surface area contributed by atoms with Crippen LogP contribution in [0.4, 0.5) is 11.8 Å². The summed E-state index contributed by atoms with van der Waals surface area (Å²) in [6, 6.07) is 14.1. The molecule has 0 spiro atoms. The normalized spacial score (nSPS) is 18.5. The van der Waals surface area contributed by atoms with Crippen molar-refractivity contribution in [2.45, 2.75) is 38.3 Å². The number of phenolic OH excluding ortho intramolecular Hbond substituents is 1. The Morgan fingerprint density at radius 2 is 1.84 bits per heavy atom. The number of benzene rings is 2. The Morgan fingerprint density at radius 1 is 1.06 bits per heavy atom. The van der Waals surface area contributed by atoms with Gasteiger partial charge in [0, 0.05) is 32.1 Å². The number of hydrogen-bond donors (Lipinski definition) is 3. The van der Waals surface area contributed by atoms with Crippen molar-refractivity contribution in [2.75, 3.05) is 38.0 Å². The number of hydrogen-bond acceptors (Lipinski definition) is 7. The van der Waals surface area contributed by atoms with Crippen molar-refractivity contribution in [1.82, 2.24) is 15.3 Å². The van der Waals surface area contributed by atoms with Gasteiger partial charge in [-0.05, 0) is 68.0 Å². The van der Waals surface area contributed by atoms with Gasteiger partial charge in [0.2, 0.25) is 5.95 Å². The van der Waals surface area contributed by atoms with Crippen LogP contribution in [0.2, 0.25) is 0 Å². The third-order valence-electron chi connectivity index (χ3n) is 6.19. The van der Waals surface area contributed by atoms with E-state index in [1.807, 2.05) is 49.3 Å². The van der Waals surface area contributed by atoms with Crippen LogP contribution in [0.15, 0.2) is 42.5 Å². The molecule has 170 valence electrons. The van der Waals surface area contributed by atoms with Crippen molar-refractivity contribution in [3.8, 4) is 11.5 Å². The first-order valence-electron chi connectivity index (χ1n) is 11.3. The van der Waals surface area contributed by atoms with Gasteiger partial charge in [0.25, 0.3) is 0 Å². The van der Waals surface area contributed by atoms with Crippen molar-refractivity contribution in [3.63, 3.8) is 0 Å². The van der Waals surface area contributed by atoms with Gasteiger partial charge >= 0.3 is 0 Å². The number of methoxy groups -OCH3 is 1. The Hall–Kier alpha value is -3.06. The molecular formula is C25H33N5O2. The van der Waals surface area contributed by atoms with Crippen LogP contribution >= 0.6 is 0 Å². The second kappa shape index (κ2) is 10.0. The molecule has 0 aliphatic heterocycles. The van der Waals surface area contributed by atoms with E-state index in [4.69, 9.17) is 14.7 Å². The van der Waals surface area contributed by atoms with Gasteiger partial charge in [-0.15, -0.1) is 0 Å². The number of aromatic nitrogens is 2. The molecule has 0 radical (unpaired) electrons. The lowest BCUT2D eigenvalue weighted by molar-refractivity contribution is 0.323. The number of rotatable bonds is 8. The van der Waals surface area contributed by atoms with Gasteiger partial charge in [0.05, 0.1) is 12.6 Å². The van der Waals surface area contributed by atoms with Crippen LogP contribution < -0.4 is 20.3 Å². The molecule has 7 heteroatoms. The van der Waals surface area contributed by atoms with Crippen molar-refractivity contribution in [1.29, 1.82) is 0 Å². The summed E-state index contributed by atoms with van der Waals surface area (Å²) in [5, 5.41) is 17.9. The fourth-order valence-corrected chi connectivity index (χ4v) is 4.41. The predicted octanol–water partition coefficient (Wildman–Crippen LogP) is 4.17. The minimum Gasteiger partial charge on any atom is -0.504 e. The second-order valence-electron chi connectivity index (χ2n) is 8.78. The molecule has 1 fully saturated rings. The van der Waals surface area contributed by atoms with Gasteiger partial charge in [-0.2, -0.15) is 4.98 Å². The van der Waals surface area contributed by atoms with Crippen LogP contribution in [-0.4, -0.2) is 48.9 Å². The lowest BCUT2D eigenvalue weighted by Crippen LogP contribution is -2.31. The van der Waals surface area contributed by atoms with E-state index < -0.39 is 0 Å². The standard InChI is InChI=1S/C25H33N5O2/c1-30(2)24-20-6-4-5-7-21(20)28-25(29-24)27-19-11-8-17(9-12-19)15-26-16-18-10-13-22(31)23(14-18)32-3/h4-7,10,13-14,17,19,26,31H,8-9,11-12,15-16H2,1-3H3,(H,27,28,29)/t17-,19+. The summed E-state index contributed by atoms with van der Waals surface area (Å²) >= 11 is 0. The fourth-order valence-electron chi connectivity index (χ4n) is 4.41. The number of phenols is 1. The molecule has 32 heavy (non-hydrogen) atoms. The van der Waals surface area contributed by atoms with Gasteiger partial charge < -0.3 is 25.4 Å². The first kappa shape index (κ1) is 22.1. The maximum atomic E-state index is 9.73. The molecule has 1 saturated carbocycles. The third-order valence-corrected chi connectivity index (χ3v) is 6.19.